The van der Waals surface area contributed by atoms with E-state index in [0.29, 0.717) is 22.8 Å². The highest BCUT2D eigenvalue weighted by Gasteiger charge is 2.23. The maximum absolute atomic E-state index is 14.2. The van der Waals surface area contributed by atoms with Crippen molar-refractivity contribution in [3.05, 3.63) is 66.1 Å². The molecular weight excluding hydrogens is 490 g/mol. The van der Waals surface area contributed by atoms with E-state index in [4.69, 9.17) is 4.74 Å². The standard InChI is InChI=1S/C24H22F2N6O3S/c1-32-22(14-5-7-27-8-6-14)18-9-15(12-28-23(18)30-32)16-10-20(24(35-2)29-13-16)31-36(33,34)21-4-3-17(25)11-19(21)26/h3-5,9-13,27,31H,6-8H2,1-2H3. The summed E-state index contributed by atoms with van der Waals surface area (Å²) in [4.78, 5) is 8.01. The molecule has 12 heteroatoms. The third-order valence-corrected chi connectivity index (χ3v) is 7.26. The molecule has 1 aromatic carbocycles. The number of fused-ring (bicyclic) bond motifs is 1. The Balaban J connectivity index is 1.56. The number of ether oxygens (including phenoxy) is 1. The second kappa shape index (κ2) is 9.28. The van der Waals surface area contributed by atoms with Gasteiger partial charge < -0.3 is 10.1 Å². The molecule has 1 aliphatic rings. The third kappa shape index (κ3) is 4.40. The molecule has 1 aliphatic heterocycles. The molecule has 2 N–H and O–H groups in total. The molecule has 36 heavy (non-hydrogen) atoms. The van der Waals surface area contributed by atoms with Crippen LogP contribution in [-0.2, 0) is 17.1 Å². The summed E-state index contributed by atoms with van der Waals surface area (Å²) in [6.07, 6.45) is 6.13. The summed E-state index contributed by atoms with van der Waals surface area (Å²) in [5.74, 6) is -2.11. The van der Waals surface area contributed by atoms with Crippen LogP contribution < -0.4 is 14.8 Å². The van der Waals surface area contributed by atoms with Crippen LogP contribution in [0.2, 0.25) is 0 Å². The van der Waals surface area contributed by atoms with E-state index in [9.17, 15) is 17.2 Å². The summed E-state index contributed by atoms with van der Waals surface area (Å²) in [6.45, 7) is 1.64. The zero-order valence-electron chi connectivity index (χ0n) is 19.4. The van der Waals surface area contributed by atoms with Crippen molar-refractivity contribution in [3.63, 3.8) is 0 Å². The molecule has 4 heterocycles. The first-order valence-electron chi connectivity index (χ1n) is 11.0. The molecule has 0 amide bonds. The van der Waals surface area contributed by atoms with Gasteiger partial charge in [0.25, 0.3) is 10.0 Å². The van der Waals surface area contributed by atoms with Gasteiger partial charge >= 0.3 is 0 Å². The number of halogens is 2. The highest BCUT2D eigenvalue weighted by atomic mass is 32.2. The summed E-state index contributed by atoms with van der Waals surface area (Å²) in [5, 5.41) is 8.67. The van der Waals surface area contributed by atoms with Crippen LogP contribution in [0.15, 0.2) is 53.7 Å². The van der Waals surface area contributed by atoms with E-state index in [1.165, 1.54) is 24.9 Å². The van der Waals surface area contributed by atoms with Gasteiger partial charge in [-0.15, -0.1) is 0 Å². The molecule has 0 saturated carbocycles. The summed E-state index contributed by atoms with van der Waals surface area (Å²) in [6, 6.07) is 5.68. The van der Waals surface area contributed by atoms with Crippen LogP contribution in [0.5, 0.6) is 5.88 Å². The highest BCUT2D eigenvalue weighted by molar-refractivity contribution is 7.92. The number of nitrogens with zero attached hydrogens (tertiary/aromatic N) is 4. The van der Waals surface area contributed by atoms with Gasteiger partial charge in [-0.2, -0.15) is 5.10 Å². The summed E-state index contributed by atoms with van der Waals surface area (Å²) >= 11 is 0. The van der Waals surface area contributed by atoms with Gasteiger partial charge in [0, 0.05) is 48.6 Å². The largest absolute Gasteiger partial charge is 0.480 e. The maximum atomic E-state index is 14.2. The molecule has 0 spiro atoms. The Labute approximate surface area is 205 Å². The Hall–Kier alpha value is -3.90. The number of sulfonamides is 1. The van der Waals surface area contributed by atoms with Gasteiger partial charge in [0.1, 0.15) is 22.2 Å². The third-order valence-electron chi connectivity index (χ3n) is 5.86. The van der Waals surface area contributed by atoms with Gasteiger partial charge in [0.05, 0.1) is 12.8 Å². The van der Waals surface area contributed by atoms with Crippen LogP contribution in [-0.4, -0.2) is 48.4 Å². The molecule has 0 unspecified atom stereocenters. The van der Waals surface area contributed by atoms with Gasteiger partial charge in [0.15, 0.2) is 5.65 Å². The molecule has 0 fully saturated rings. The van der Waals surface area contributed by atoms with E-state index < -0.39 is 26.6 Å². The summed E-state index contributed by atoms with van der Waals surface area (Å²) in [7, 11) is -1.19. The second-order valence-corrected chi connectivity index (χ2v) is 9.86. The van der Waals surface area contributed by atoms with Crippen LogP contribution in [0.1, 0.15) is 12.1 Å². The fourth-order valence-electron chi connectivity index (χ4n) is 4.19. The number of benzene rings is 1. The Morgan fingerprint density at radius 1 is 1.11 bits per heavy atom. The van der Waals surface area contributed by atoms with E-state index in [1.807, 2.05) is 17.8 Å². The van der Waals surface area contributed by atoms with Crippen molar-refractivity contribution in [3.8, 4) is 17.0 Å². The van der Waals surface area contributed by atoms with Crippen LogP contribution >= 0.6 is 0 Å². The quantitative estimate of drug-likeness (QED) is 0.407. The molecule has 5 rings (SSSR count). The zero-order chi connectivity index (χ0) is 25.4. The van der Waals surface area contributed by atoms with Crippen molar-refractivity contribution in [1.82, 2.24) is 25.1 Å². The number of hydrogen-bond acceptors (Lipinski definition) is 7. The Kier molecular flexibility index (Phi) is 6.14. The van der Waals surface area contributed by atoms with Crippen molar-refractivity contribution in [2.45, 2.75) is 11.3 Å². The normalized spacial score (nSPS) is 14.1. The lowest BCUT2D eigenvalue weighted by Gasteiger charge is -2.15. The smallest absolute Gasteiger partial charge is 0.264 e. The van der Waals surface area contributed by atoms with E-state index in [1.54, 1.807) is 6.20 Å². The van der Waals surface area contributed by atoms with Crippen LogP contribution in [0.3, 0.4) is 0 Å². The number of methoxy groups -OCH3 is 1. The van der Waals surface area contributed by atoms with Gasteiger partial charge in [-0.05, 0) is 42.8 Å². The fraction of sp³-hybridized carbons (Fsp3) is 0.208. The Morgan fingerprint density at radius 2 is 1.89 bits per heavy atom. The molecule has 9 nitrogen and oxygen atoms in total. The highest BCUT2D eigenvalue weighted by Crippen LogP contribution is 2.33. The molecule has 0 bridgehead atoms. The van der Waals surface area contributed by atoms with Crippen molar-refractivity contribution < 1.29 is 21.9 Å². The molecule has 0 aliphatic carbocycles. The first-order valence-corrected chi connectivity index (χ1v) is 12.5. The molecular formula is C24H22F2N6O3S. The zero-order valence-corrected chi connectivity index (χ0v) is 20.2. The lowest BCUT2D eigenvalue weighted by molar-refractivity contribution is 0.400. The molecule has 3 aromatic heterocycles. The van der Waals surface area contributed by atoms with Crippen molar-refractivity contribution >= 4 is 32.3 Å². The summed E-state index contributed by atoms with van der Waals surface area (Å²) in [5.41, 5.74) is 3.94. The average Bonchev–Trinajstić information content (AvgIpc) is 3.19. The van der Waals surface area contributed by atoms with Gasteiger partial charge in [-0.25, -0.2) is 27.2 Å². The van der Waals surface area contributed by atoms with Crippen LogP contribution in [0, 0.1) is 11.6 Å². The van der Waals surface area contributed by atoms with Crippen molar-refractivity contribution in [1.29, 1.82) is 0 Å². The second-order valence-electron chi connectivity index (χ2n) is 8.21. The number of pyridine rings is 2. The number of aryl methyl sites for hydroxylation is 1. The van der Waals surface area contributed by atoms with Crippen LogP contribution in [0.4, 0.5) is 14.5 Å². The summed E-state index contributed by atoms with van der Waals surface area (Å²) < 4.78 is 62.5. The van der Waals surface area contributed by atoms with E-state index in [0.717, 1.165) is 42.7 Å². The number of anilines is 1. The minimum absolute atomic E-state index is 0.00806. The van der Waals surface area contributed by atoms with Crippen LogP contribution in [0.25, 0.3) is 27.7 Å². The van der Waals surface area contributed by atoms with Crippen molar-refractivity contribution in [2.75, 3.05) is 24.9 Å². The van der Waals surface area contributed by atoms with E-state index in [2.05, 4.69) is 31.2 Å². The predicted molar refractivity (Wildman–Crippen MR) is 131 cm³/mol. The number of hydrogen-bond donors (Lipinski definition) is 2. The minimum Gasteiger partial charge on any atom is -0.480 e. The SMILES string of the molecule is COc1ncc(-c2cnc3nn(C)c(C4=CCNCC4)c3c2)cc1NS(=O)(=O)c1ccc(F)cc1F. The number of rotatable bonds is 6. The van der Waals surface area contributed by atoms with Gasteiger partial charge in [-0.1, -0.05) is 6.08 Å². The van der Waals surface area contributed by atoms with Gasteiger partial charge in [-0.3, -0.25) is 9.40 Å². The monoisotopic (exact) mass is 512 g/mol. The first kappa shape index (κ1) is 23.8. The lowest BCUT2D eigenvalue weighted by Crippen LogP contribution is -2.20. The Bertz CT molecular complexity index is 1620. The molecule has 0 radical (unpaired) electrons. The predicted octanol–water partition coefficient (Wildman–Crippen LogP) is 3.49. The van der Waals surface area contributed by atoms with Gasteiger partial charge in [0.2, 0.25) is 5.88 Å². The maximum Gasteiger partial charge on any atom is 0.264 e. The molecule has 0 atom stereocenters. The lowest BCUT2D eigenvalue weighted by atomic mass is 10.0. The number of nitrogens with one attached hydrogen (secondary N) is 2. The first-order chi connectivity index (χ1) is 17.3. The average molecular weight is 513 g/mol. The molecule has 0 saturated heterocycles. The topological polar surface area (TPSA) is 111 Å². The molecule has 186 valence electrons. The minimum atomic E-state index is -4.40. The number of aromatic nitrogens is 4. The Morgan fingerprint density at radius 3 is 2.61 bits per heavy atom. The fourth-order valence-corrected chi connectivity index (χ4v) is 5.30. The van der Waals surface area contributed by atoms with E-state index in [-0.39, 0.29) is 11.6 Å². The van der Waals surface area contributed by atoms with Crippen molar-refractivity contribution in [2.24, 2.45) is 7.05 Å². The van der Waals surface area contributed by atoms with E-state index >= 15 is 0 Å². The molecule has 4 aromatic rings.